The van der Waals surface area contributed by atoms with Gasteiger partial charge < -0.3 is 34.6 Å². The monoisotopic (exact) mass is 845 g/mol. The van der Waals surface area contributed by atoms with Crippen molar-refractivity contribution < 1.29 is 51.7 Å². The van der Waals surface area contributed by atoms with E-state index in [4.69, 9.17) is 36.9 Å². The van der Waals surface area contributed by atoms with Crippen molar-refractivity contribution in [3.8, 4) is 16.9 Å². The van der Waals surface area contributed by atoms with Gasteiger partial charge in [-0.2, -0.15) is 0 Å². The van der Waals surface area contributed by atoms with Gasteiger partial charge in [0, 0.05) is 53.7 Å². The molecule has 0 spiro atoms. The molecule has 1 aromatic heterocycles. The van der Waals surface area contributed by atoms with Gasteiger partial charge in [-0.15, -0.1) is 0 Å². The number of fused-ring (bicyclic) bond motifs is 2. The number of imide groups is 2. The number of hydrogen-bond acceptors (Lipinski definition) is 10. The molecule has 4 aromatic rings. The Bertz CT molecular complexity index is 2310. The van der Waals surface area contributed by atoms with E-state index >= 15 is 0 Å². The molecular formula is C43H45F2N5O9S. The number of nitrogens with one attached hydrogen (secondary N) is 2. The molecule has 3 heterocycles. The number of hydrogen-bond donors (Lipinski definition) is 3. The van der Waals surface area contributed by atoms with E-state index in [-0.39, 0.29) is 112 Å². The molecule has 2 aliphatic heterocycles. The lowest BCUT2D eigenvalue weighted by atomic mass is 9.92. The van der Waals surface area contributed by atoms with E-state index in [1.807, 2.05) is 48.7 Å². The summed E-state index contributed by atoms with van der Waals surface area (Å²) in [5, 5.41) is 6.02. The maximum atomic E-state index is 14.1. The highest BCUT2D eigenvalue weighted by atomic mass is 32.1. The summed E-state index contributed by atoms with van der Waals surface area (Å²) in [7, 11) is 0. The number of benzene rings is 3. The minimum absolute atomic E-state index is 0.0283. The number of thiocarbonyl (C=S) groups is 1. The largest absolute Gasteiger partial charge is 0.490 e. The molecule has 7 rings (SSSR count). The number of aromatic nitrogens is 1. The van der Waals surface area contributed by atoms with Gasteiger partial charge >= 0.3 is 0 Å². The summed E-state index contributed by atoms with van der Waals surface area (Å²) in [5.41, 5.74) is 10.0. The number of carbonyl (C=O) groups is 5. The number of halogens is 2. The Labute approximate surface area is 349 Å². The maximum absolute atomic E-state index is 14.1. The Balaban J connectivity index is 0.811. The van der Waals surface area contributed by atoms with E-state index in [0.29, 0.717) is 18.5 Å². The quantitative estimate of drug-likeness (QED) is 0.0649. The van der Waals surface area contributed by atoms with Crippen LogP contribution in [0.1, 0.15) is 77.3 Å². The van der Waals surface area contributed by atoms with E-state index < -0.39 is 35.6 Å². The molecule has 1 unspecified atom stereocenters. The number of anilines is 1. The van der Waals surface area contributed by atoms with Crippen molar-refractivity contribution in [3.05, 3.63) is 83.6 Å². The van der Waals surface area contributed by atoms with Gasteiger partial charge in [-0.05, 0) is 55.2 Å². The number of piperidine rings is 1. The van der Waals surface area contributed by atoms with Gasteiger partial charge in [0.1, 0.15) is 23.4 Å². The van der Waals surface area contributed by atoms with Crippen molar-refractivity contribution >= 4 is 63.3 Å². The minimum Gasteiger partial charge on any atom is -0.490 e. The van der Waals surface area contributed by atoms with Crippen LogP contribution in [0.5, 0.6) is 5.75 Å². The number of rotatable bonds is 18. The first kappa shape index (κ1) is 42.5. The topological polar surface area (TPSA) is 181 Å². The summed E-state index contributed by atoms with van der Waals surface area (Å²) in [5.74, 6) is -5.11. The van der Waals surface area contributed by atoms with Gasteiger partial charge in [0.15, 0.2) is 0 Å². The Kier molecular flexibility index (Phi) is 13.3. The molecule has 2 fully saturated rings. The van der Waals surface area contributed by atoms with E-state index in [1.165, 1.54) is 6.07 Å². The highest BCUT2D eigenvalue weighted by Crippen LogP contribution is 2.42. The average Bonchev–Trinajstić information content (AvgIpc) is 3.72. The van der Waals surface area contributed by atoms with Crippen LogP contribution < -0.4 is 21.1 Å². The predicted molar refractivity (Wildman–Crippen MR) is 220 cm³/mol. The van der Waals surface area contributed by atoms with Crippen LogP contribution in [0, 0.1) is 0 Å². The number of carbonyl (C=O) groups excluding carboxylic acids is 5. The molecule has 1 saturated heterocycles. The molecule has 14 nitrogen and oxygen atoms in total. The SMILES string of the molecule is NC(=S)c1cccc(-c2cn(C3CCC(F)(F)CC3)c3cc(NC(=O)CCOCCOCCOCCOc4cccc5c4C(=O)N(C4CCC(=O)NC4=O)C5=O)ccc23)c1. The van der Waals surface area contributed by atoms with Gasteiger partial charge in [0.05, 0.1) is 62.7 Å². The number of amides is 5. The summed E-state index contributed by atoms with van der Waals surface area (Å²) >= 11 is 5.19. The van der Waals surface area contributed by atoms with Crippen molar-refractivity contribution in [1.82, 2.24) is 14.8 Å². The zero-order valence-electron chi connectivity index (χ0n) is 32.7. The van der Waals surface area contributed by atoms with Crippen molar-refractivity contribution in [2.24, 2.45) is 5.73 Å². The Hall–Kier alpha value is -5.62. The molecule has 1 atom stereocenters. The van der Waals surface area contributed by atoms with E-state index in [9.17, 15) is 32.8 Å². The fourth-order valence-corrected chi connectivity index (χ4v) is 7.88. The number of alkyl halides is 2. The highest BCUT2D eigenvalue weighted by molar-refractivity contribution is 7.80. The van der Waals surface area contributed by atoms with Crippen molar-refractivity contribution in [2.75, 3.05) is 51.6 Å². The molecule has 0 radical (unpaired) electrons. The van der Waals surface area contributed by atoms with Crippen LogP contribution in [0.3, 0.4) is 0 Å². The Morgan fingerprint density at radius 3 is 2.27 bits per heavy atom. The number of nitrogens with two attached hydrogens (primary N) is 1. The van der Waals surface area contributed by atoms with Crippen LogP contribution in [0.15, 0.2) is 66.9 Å². The third kappa shape index (κ3) is 9.70. The van der Waals surface area contributed by atoms with Gasteiger partial charge in [0.2, 0.25) is 23.6 Å². The zero-order chi connectivity index (χ0) is 42.4. The first-order chi connectivity index (χ1) is 28.9. The fraction of sp³-hybridized carbons (Fsp3) is 0.395. The molecule has 60 heavy (non-hydrogen) atoms. The maximum Gasteiger partial charge on any atom is 0.266 e. The molecule has 0 bridgehead atoms. The summed E-state index contributed by atoms with van der Waals surface area (Å²) in [6.07, 6.45) is 2.50. The average molecular weight is 846 g/mol. The molecule has 1 saturated carbocycles. The highest BCUT2D eigenvalue weighted by Gasteiger charge is 2.46. The van der Waals surface area contributed by atoms with Crippen molar-refractivity contribution in [2.45, 2.75) is 63.0 Å². The van der Waals surface area contributed by atoms with Crippen LogP contribution in [-0.4, -0.2) is 102 Å². The smallest absolute Gasteiger partial charge is 0.266 e. The Morgan fingerprint density at radius 1 is 0.850 bits per heavy atom. The van der Waals surface area contributed by atoms with Crippen LogP contribution >= 0.6 is 12.2 Å². The standard InChI is InChI=1S/C43H45F2N5O9S/c44-43(45)14-11-29(12-15-43)49-25-32(26-3-1-4-27(23-26)39(46)60)30-8-7-28(24-34(30)49)47-37(52)13-16-56-17-18-57-19-20-58-21-22-59-35-6-2-5-31-38(35)42(55)50(41(31)54)33-9-10-36(51)48-40(33)53/h1-8,23-25,29,33H,9-22H2,(H2,46,60)(H,47,52)(H,48,51,53). The first-order valence-electron chi connectivity index (χ1n) is 19.8. The van der Waals surface area contributed by atoms with Crippen LogP contribution in [0.4, 0.5) is 14.5 Å². The zero-order valence-corrected chi connectivity index (χ0v) is 33.5. The first-order valence-corrected chi connectivity index (χ1v) is 20.2. The normalized spacial score (nSPS) is 17.8. The van der Waals surface area contributed by atoms with Gasteiger partial charge in [-0.1, -0.05) is 42.5 Å². The van der Waals surface area contributed by atoms with Gasteiger partial charge in [-0.3, -0.25) is 34.2 Å². The lowest BCUT2D eigenvalue weighted by Gasteiger charge is -2.29. The summed E-state index contributed by atoms with van der Waals surface area (Å²) in [6, 6.07) is 16.7. The lowest BCUT2D eigenvalue weighted by Crippen LogP contribution is -2.54. The van der Waals surface area contributed by atoms with Crippen LogP contribution in [-0.2, 0) is 28.6 Å². The Morgan fingerprint density at radius 2 is 1.55 bits per heavy atom. The number of ether oxygens (including phenoxy) is 4. The van der Waals surface area contributed by atoms with E-state index in [0.717, 1.165) is 32.5 Å². The fourth-order valence-electron chi connectivity index (χ4n) is 7.75. The van der Waals surface area contributed by atoms with E-state index in [2.05, 4.69) is 15.2 Å². The molecule has 316 valence electrons. The summed E-state index contributed by atoms with van der Waals surface area (Å²) in [6.45, 7) is 1.51. The van der Waals surface area contributed by atoms with Crippen LogP contribution in [0.2, 0.25) is 0 Å². The second-order valence-electron chi connectivity index (χ2n) is 14.8. The molecule has 1 aliphatic carbocycles. The second kappa shape index (κ2) is 18.8. The number of nitrogens with zero attached hydrogens (tertiary/aromatic N) is 2. The molecular weight excluding hydrogens is 801 g/mol. The molecule has 3 aliphatic rings. The van der Waals surface area contributed by atoms with Crippen molar-refractivity contribution in [1.29, 1.82) is 0 Å². The summed E-state index contributed by atoms with van der Waals surface area (Å²) in [4.78, 5) is 64.1. The second-order valence-corrected chi connectivity index (χ2v) is 15.3. The predicted octanol–water partition coefficient (Wildman–Crippen LogP) is 5.55. The lowest BCUT2D eigenvalue weighted by molar-refractivity contribution is -0.136. The minimum atomic E-state index is -2.66. The van der Waals surface area contributed by atoms with Crippen molar-refractivity contribution in [3.63, 3.8) is 0 Å². The molecule has 5 amide bonds. The van der Waals surface area contributed by atoms with E-state index in [1.54, 1.807) is 12.1 Å². The molecule has 4 N–H and O–H groups in total. The summed E-state index contributed by atoms with van der Waals surface area (Å²) < 4.78 is 52.7. The van der Waals surface area contributed by atoms with Gasteiger partial charge in [-0.25, -0.2) is 8.78 Å². The third-order valence-electron chi connectivity index (χ3n) is 10.8. The molecule has 3 aromatic carbocycles. The van der Waals surface area contributed by atoms with Crippen LogP contribution in [0.25, 0.3) is 22.0 Å². The van der Waals surface area contributed by atoms with Gasteiger partial charge in [0.25, 0.3) is 11.8 Å². The third-order valence-corrected chi connectivity index (χ3v) is 11.0. The molecule has 17 heteroatoms.